The van der Waals surface area contributed by atoms with Gasteiger partial charge in [0.1, 0.15) is 11.4 Å². The highest BCUT2D eigenvalue weighted by atomic mass is 19.1. The number of benzene rings is 2. The lowest BCUT2D eigenvalue weighted by molar-refractivity contribution is 0.0534. The molecule has 29 heavy (non-hydrogen) atoms. The molecule has 2 amide bonds. The first-order chi connectivity index (χ1) is 14.0. The third-order valence-electron chi connectivity index (χ3n) is 5.34. The van der Waals surface area contributed by atoms with E-state index in [4.69, 9.17) is 0 Å². The van der Waals surface area contributed by atoms with Crippen LogP contribution in [0, 0.1) is 12.7 Å². The van der Waals surface area contributed by atoms with Crippen molar-refractivity contribution in [3.63, 3.8) is 0 Å². The fourth-order valence-corrected chi connectivity index (χ4v) is 3.71. The average molecular weight is 393 g/mol. The van der Waals surface area contributed by atoms with E-state index in [1.165, 1.54) is 24.3 Å². The summed E-state index contributed by atoms with van der Waals surface area (Å²) in [5.41, 5.74) is 1.49. The Kier molecular flexibility index (Phi) is 4.88. The van der Waals surface area contributed by atoms with Crippen LogP contribution in [-0.2, 0) is 0 Å². The van der Waals surface area contributed by atoms with Crippen LogP contribution in [-0.4, -0.2) is 52.8 Å². The molecule has 1 N–H and O–H groups in total. The van der Waals surface area contributed by atoms with E-state index in [1.807, 2.05) is 18.2 Å². The monoisotopic (exact) mass is 393 g/mol. The summed E-state index contributed by atoms with van der Waals surface area (Å²) in [5.74, 6) is -0.923. The number of para-hydroxylation sites is 1. The topological polar surface area (TPSA) is 73.5 Å². The Balaban J connectivity index is 1.51. The van der Waals surface area contributed by atoms with Gasteiger partial charge in [-0.3, -0.25) is 14.4 Å². The second kappa shape index (κ2) is 7.50. The second-order valence-electron chi connectivity index (χ2n) is 7.09. The van der Waals surface area contributed by atoms with Gasteiger partial charge in [-0.25, -0.2) is 4.39 Å². The van der Waals surface area contributed by atoms with Gasteiger partial charge in [0.15, 0.2) is 0 Å². The minimum atomic E-state index is -0.406. The van der Waals surface area contributed by atoms with Gasteiger partial charge < -0.3 is 14.8 Å². The number of aromatic nitrogens is 1. The normalized spacial score (nSPS) is 14.3. The first-order valence-corrected chi connectivity index (χ1v) is 9.41. The molecule has 1 aliphatic rings. The van der Waals surface area contributed by atoms with Crippen LogP contribution in [0.2, 0.25) is 0 Å². The Morgan fingerprint density at radius 2 is 1.48 bits per heavy atom. The standard InChI is InChI=1S/C22H20FN3O3/c1-14-17-4-2-3-5-18(17)24-20(27)19(14)22(29)26-12-10-25(11-13-26)21(28)15-6-8-16(23)9-7-15/h2-9H,10-13H2,1H3,(H,24,27). The molecule has 6 nitrogen and oxygen atoms in total. The molecule has 0 atom stereocenters. The van der Waals surface area contributed by atoms with E-state index in [9.17, 15) is 18.8 Å². The molecule has 0 saturated carbocycles. The molecule has 1 fully saturated rings. The van der Waals surface area contributed by atoms with Crippen molar-refractivity contribution in [1.29, 1.82) is 0 Å². The molecular formula is C22H20FN3O3. The van der Waals surface area contributed by atoms with Crippen molar-refractivity contribution in [2.75, 3.05) is 26.2 Å². The summed E-state index contributed by atoms with van der Waals surface area (Å²) in [7, 11) is 0. The molecule has 148 valence electrons. The van der Waals surface area contributed by atoms with Crippen LogP contribution in [0.25, 0.3) is 10.9 Å². The number of hydrogen-bond acceptors (Lipinski definition) is 3. The number of halogens is 1. The van der Waals surface area contributed by atoms with Crippen LogP contribution in [0.4, 0.5) is 4.39 Å². The summed E-state index contributed by atoms with van der Waals surface area (Å²) >= 11 is 0. The number of carbonyl (C=O) groups is 2. The van der Waals surface area contributed by atoms with Crippen molar-refractivity contribution < 1.29 is 14.0 Å². The van der Waals surface area contributed by atoms with Crippen molar-refractivity contribution >= 4 is 22.7 Å². The van der Waals surface area contributed by atoms with Crippen molar-refractivity contribution in [2.45, 2.75) is 6.92 Å². The van der Waals surface area contributed by atoms with Crippen LogP contribution in [0.15, 0.2) is 53.3 Å². The zero-order valence-corrected chi connectivity index (χ0v) is 15.9. The molecule has 0 spiro atoms. The maximum atomic E-state index is 13.1. The van der Waals surface area contributed by atoms with Crippen molar-refractivity contribution in [3.05, 3.63) is 81.4 Å². The third-order valence-corrected chi connectivity index (χ3v) is 5.34. The third kappa shape index (κ3) is 3.51. The Hall–Kier alpha value is -3.48. The van der Waals surface area contributed by atoms with Gasteiger partial charge in [-0.15, -0.1) is 0 Å². The highest BCUT2D eigenvalue weighted by Crippen LogP contribution is 2.19. The quantitative estimate of drug-likeness (QED) is 0.727. The van der Waals surface area contributed by atoms with Gasteiger partial charge in [-0.05, 0) is 42.8 Å². The Bertz CT molecular complexity index is 1150. The number of hydrogen-bond donors (Lipinski definition) is 1. The van der Waals surface area contributed by atoms with Crippen LogP contribution in [0.1, 0.15) is 26.3 Å². The molecular weight excluding hydrogens is 373 g/mol. The highest BCUT2D eigenvalue weighted by Gasteiger charge is 2.28. The summed E-state index contributed by atoms with van der Waals surface area (Å²) in [5, 5.41) is 0.834. The number of fused-ring (bicyclic) bond motifs is 1. The number of carbonyl (C=O) groups excluding carboxylic acids is 2. The molecule has 2 heterocycles. The summed E-state index contributed by atoms with van der Waals surface area (Å²) in [6.45, 7) is 3.15. The lowest BCUT2D eigenvalue weighted by Gasteiger charge is -2.35. The summed E-state index contributed by atoms with van der Waals surface area (Å²) in [6.07, 6.45) is 0. The van der Waals surface area contributed by atoms with E-state index in [1.54, 1.807) is 22.8 Å². The fourth-order valence-electron chi connectivity index (χ4n) is 3.71. The van der Waals surface area contributed by atoms with Crippen LogP contribution < -0.4 is 5.56 Å². The Morgan fingerprint density at radius 3 is 2.14 bits per heavy atom. The maximum absolute atomic E-state index is 13.1. The molecule has 3 aromatic rings. The molecule has 0 bridgehead atoms. The average Bonchev–Trinajstić information content (AvgIpc) is 2.74. The SMILES string of the molecule is Cc1c(C(=O)N2CCN(C(=O)c3ccc(F)cc3)CC2)c(=O)[nH]c2ccccc12. The second-order valence-corrected chi connectivity index (χ2v) is 7.09. The number of piperazine rings is 1. The largest absolute Gasteiger partial charge is 0.335 e. The van der Waals surface area contributed by atoms with E-state index in [-0.39, 0.29) is 17.4 Å². The number of nitrogens with one attached hydrogen (secondary N) is 1. The van der Waals surface area contributed by atoms with Crippen LogP contribution in [0.3, 0.4) is 0 Å². The summed E-state index contributed by atoms with van der Waals surface area (Å²) in [4.78, 5) is 44.1. The zero-order valence-electron chi connectivity index (χ0n) is 15.9. The predicted molar refractivity (Wildman–Crippen MR) is 108 cm³/mol. The summed E-state index contributed by atoms with van der Waals surface area (Å²) in [6, 6.07) is 12.8. The van der Waals surface area contributed by atoms with Gasteiger partial charge in [0.2, 0.25) is 0 Å². The Morgan fingerprint density at radius 1 is 0.897 bits per heavy atom. The van der Waals surface area contributed by atoms with Crippen LogP contribution >= 0.6 is 0 Å². The number of pyridine rings is 1. The molecule has 1 saturated heterocycles. The van der Waals surface area contributed by atoms with E-state index in [2.05, 4.69) is 4.98 Å². The first-order valence-electron chi connectivity index (χ1n) is 9.41. The van der Waals surface area contributed by atoms with E-state index >= 15 is 0 Å². The zero-order chi connectivity index (χ0) is 20.5. The van der Waals surface area contributed by atoms with Crippen molar-refractivity contribution in [1.82, 2.24) is 14.8 Å². The number of rotatable bonds is 2. The molecule has 2 aromatic carbocycles. The summed E-state index contributed by atoms with van der Waals surface area (Å²) < 4.78 is 13.1. The van der Waals surface area contributed by atoms with Crippen LogP contribution in [0.5, 0.6) is 0 Å². The van der Waals surface area contributed by atoms with Gasteiger partial charge in [-0.2, -0.15) is 0 Å². The highest BCUT2D eigenvalue weighted by molar-refractivity contribution is 6.00. The molecule has 0 aliphatic carbocycles. The van der Waals surface area contributed by atoms with E-state index in [0.29, 0.717) is 42.8 Å². The maximum Gasteiger partial charge on any atom is 0.261 e. The number of aryl methyl sites for hydroxylation is 1. The molecule has 0 unspecified atom stereocenters. The predicted octanol–water partition coefficient (Wildman–Crippen LogP) is 2.57. The van der Waals surface area contributed by atoms with Gasteiger partial charge >= 0.3 is 0 Å². The van der Waals surface area contributed by atoms with E-state index < -0.39 is 11.4 Å². The molecule has 0 radical (unpaired) electrons. The van der Waals surface area contributed by atoms with Crippen molar-refractivity contribution in [3.8, 4) is 0 Å². The molecule has 1 aromatic heterocycles. The fraction of sp³-hybridized carbons (Fsp3) is 0.227. The minimum absolute atomic E-state index is 0.141. The number of H-pyrrole nitrogens is 1. The van der Waals surface area contributed by atoms with Gasteiger partial charge in [0.05, 0.1) is 0 Å². The van der Waals surface area contributed by atoms with Gasteiger partial charge in [0.25, 0.3) is 17.4 Å². The molecule has 1 aliphatic heterocycles. The smallest absolute Gasteiger partial charge is 0.261 e. The lowest BCUT2D eigenvalue weighted by Crippen LogP contribution is -2.51. The number of nitrogens with zero attached hydrogens (tertiary/aromatic N) is 2. The van der Waals surface area contributed by atoms with Crippen molar-refractivity contribution in [2.24, 2.45) is 0 Å². The number of amides is 2. The molecule has 4 rings (SSSR count). The molecule has 7 heteroatoms. The Labute approximate surface area is 166 Å². The minimum Gasteiger partial charge on any atom is -0.335 e. The van der Waals surface area contributed by atoms with E-state index in [0.717, 1.165) is 5.39 Å². The van der Waals surface area contributed by atoms with Gasteiger partial charge in [-0.1, -0.05) is 18.2 Å². The first kappa shape index (κ1) is 18.9. The lowest BCUT2D eigenvalue weighted by atomic mass is 10.0. The van der Waals surface area contributed by atoms with Gasteiger partial charge in [0, 0.05) is 42.6 Å². The number of aromatic amines is 1.